The summed E-state index contributed by atoms with van der Waals surface area (Å²) < 4.78 is 7.43. The molecule has 2 heterocycles. The largest absolute Gasteiger partial charge is 1.00 e. The monoisotopic (exact) mass is 447 g/mol. The van der Waals surface area contributed by atoms with Crippen LogP contribution in [0, 0.1) is 6.92 Å². The normalized spacial score (nSPS) is 12.5. The molecule has 0 amide bonds. The number of aromatic amines is 1. The first-order valence-corrected chi connectivity index (χ1v) is 9.21. The molecule has 2 N–H and O–H groups in total. The standard InChI is InChI=1S/C19H17N3OS2.BrH/c1-12-18(22(19(24)20-12)13-6-4-3-5-7-13)16-11-25-17-10-14(23-2)8-9-15(17)21-16;/h3-11,21H,1-2H3,(H,20,24);1H. The van der Waals surface area contributed by atoms with Crippen molar-refractivity contribution >= 4 is 35.8 Å². The summed E-state index contributed by atoms with van der Waals surface area (Å²) >= 11 is 6.32. The fourth-order valence-electron chi connectivity index (χ4n) is 2.95. The van der Waals surface area contributed by atoms with Gasteiger partial charge in [-0.15, -0.1) is 0 Å². The Balaban J connectivity index is 0.00000196. The Kier molecular flexibility index (Phi) is 5.70. The molecule has 1 aliphatic rings. The Hall–Kier alpha value is -1.83. The van der Waals surface area contributed by atoms with Crippen molar-refractivity contribution in [2.24, 2.45) is 0 Å². The van der Waals surface area contributed by atoms with Crippen LogP contribution in [0.15, 0.2) is 64.0 Å². The number of halogens is 1. The zero-order chi connectivity index (χ0) is 17.4. The van der Waals surface area contributed by atoms with Crippen LogP contribution >= 0.6 is 24.4 Å². The van der Waals surface area contributed by atoms with Crippen LogP contribution in [0.5, 0.6) is 5.75 Å². The molecule has 4 nitrogen and oxygen atoms in total. The third-order valence-electron chi connectivity index (χ3n) is 4.12. The minimum absolute atomic E-state index is 0. The highest BCUT2D eigenvalue weighted by Gasteiger charge is 2.27. The average molecular weight is 448 g/mol. The van der Waals surface area contributed by atoms with Crippen LogP contribution in [0.4, 0.5) is 5.69 Å². The van der Waals surface area contributed by atoms with Crippen LogP contribution in [-0.2, 0) is 0 Å². The highest BCUT2D eigenvalue weighted by Crippen LogP contribution is 2.39. The molecule has 26 heavy (non-hydrogen) atoms. The topological polar surface area (TPSA) is 40.9 Å². The number of aromatic nitrogens is 2. The molecule has 0 fully saturated rings. The summed E-state index contributed by atoms with van der Waals surface area (Å²) in [7, 11) is 1.68. The molecule has 0 saturated heterocycles. The van der Waals surface area contributed by atoms with Crippen molar-refractivity contribution in [1.82, 2.24) is 4.98 Å². The van der Waals surface area contributed by atoms with E-state index >= 15 is 0 Å². The fourth-order valence-corrected chi connectivity index (χ4v) is 4.18. The third-order valence-corrected chi connectivity index (χ3v) is 5.38. The van der Waals surface area contributed by atoms with Crippen molar-refractivity contribution in [2.45, 2.75) is 17.0 Å². The van der Waals surface area contributed by atoms with Gasteiger partial charge in [0.15, 0.2) is 5.69 Å². The summed E-state index contributed by atoms with van der Waals surface area (Å²) in [6.45, 7) is 2.06. The van der Waals surface area contributed by atoms with Gasteiger partial charge in [-0.3, -0.25) is 0 Å². The van der Waals surface area contributed by atoms with E-state index in [4.69, 9.17) is 4.74 Å². The Bertz CT molecular complexity index is 970. The number of hydrogen-bond donors (Lipinski definition) is 3. The number of para-hydroxylation sites is 1. The highest BCUT2D eigenvalue weighted by molar-refractivity contribution is 8.02. The van der Waals surface area contributed by atoms with E-state index in [1.165, 1.54) is 0 Å². The summed E-state index contributed by atoms with van der Waals surface area (Å²) in [5.41, 5.74) is 5.32. The maximum atomic E-state index is 5.31. The molecule has 1 aromatic heterocycles. The zero-order valence-electron chi connectivity index (χ0n) is 14.3. The van der Waals surface area contributed by atoms with Crippen molar-refractivity contribution in [2.75, 3.05) is 12.4 Å². The second-order valence-electron chi connectivity index (χ2n) is 5.73. The van der Waals surface area contributed by atoms with Crippen molar-refractivity contribution < 1.29 is 26.3 Å². The smallest absolute Gasteiger partial charge is 0.318 e. The molecule has 0 spiro atoms. The maximum absolute atomic E-state index is 5.31. The van der Waals surface area contributed by atoms with Gasteiger partial charge in [-0.25, -0.2) is 4.98 Å². The number of aryl methyl sites for hydroxylation is 1. The molecule has 0 aliphatic carbocycles. The van der Waals surface area contributed by atoms with Crippen molar-refractivity contribution in [3.05, 3.63) is 65.3 Å². The molecule has 0 bridgehead atoms. The Labute approximate surface area is 172 Å². The van der Waals surface area contributed by atoms with E-state index in [0.29, 0.717) is 0 Å². The Morgan fingerprint density at radius 2 is 1.88 bits per heavy atom. The van der Waals surface area contributed by atoms with Gasteiger partial charge in [0.05, 0.1) is 18.5 Å². The lowest BCUT2D eigenvalue weighted by Gasteiger charge is -2.19. The molecular weight excluding hydrogens is 430 g/mol. The van der Waals surface area contributed by atoms with Gasteiger partial charge >= 0.3 is 5.16 Å². The molecule has 0 radical (unpaired) electrons. The highest BCUT2D eigenvalue weighted by atomic mass is 79.9. The van der Waals surface area contributed by atoms with Gasteiger partial charge in [0, 0.05) is 17.2 Å². The number of imidazole rings is 1. The quantitative estimate of drug-likeness (QED) is 0.420. The maximum Gasteiger partial charge on any atom is 0.318 e. The molecule has 134 valence electrons. The number of H-pyrrole nitrogens is 1. The molecule has 4 rings (SSSR count). The molecule has 1 aliphatic heterocycles. The van der Waals surface area contributed by atoms with Crippen molar-refractivity contribution in [1.29, 1.82) is 0 Å². The number of thioether (sulfide) groups is 1. The van der Waals surface area contributed by atoms with Gasteiger partial charge in [0.25, 0.3) is 0 Å². The summed E-state index contributed by atoms with van der Waals surface area (Å²) in [5.74, 6) is 0.861. The van der Waals surface area contributed by atoms with E-state index < -0.39 is 0 Å². The van der Waals surface area contributed by atoms with Crippen LogP contribution in [0.25, 0.3) is 11.4 Å². The zero-order valence-corrected chi connectivity index (χ0v) is 17.6. The molecule has 7 heteroatoms. The van der Waals surface area contributed by atoms with Crippen LogP contribution in [0.3, 0.4) is 0 Å². The summed E-state index contributed by atoms with van der Waals surface area (Å²) in [4.78, 5) is 4.48. The lowest BCUT2D eigenvalue weighted by Crippen LogP contribution is -3.00. The number of thiol groups is 1. The Morgan fingerprint density at radius 3 is 2.62 bits per heavy atom. The van der Waals surface area contributed by atoms with Crippen LogP contribution in [0.2, 0.25) is 0 Å². The lowest BCUT2D eigenvalue weighted by molar-refractivity contribution is -0.637. The molecular formula is C19H18BrN3OS2. The number of hydrogen-bond acceptors (Lipinski definition) is 4. The number of rotatable bonds is 3. The Morgan fingerprint density at radius 1 is 1.12 bits per heavy atom. The molecule has 0 atom stereocenters. The predicted octanol–water partition coefficient (Wildman–Crippen LogP) is 1.42. The van der Waals surface area contributed by atoms with E-state index in [0.717, 1.165) is 44.3 Å². The number of benzene rings is 2. The van der Waals surface area contributed by atoms with E-state index in [2.05, 4.69) is 52.0 Å². The summed E-state index contributed by atoms with van der Waals surface area (Å²) in [6.07, 6.45) is 0. The third kappa shape index (κ3) is 3.39. The molecule has 2 aromatic carbocycles. The minimum atomic E-state index is 0. The summed E-state index contributed by atoms with van der Waals surface area (Å²) in [5, 5.41) is 6.47. The first-order chi connectivity index (χ1) is 12.2. The fraction of sp³-hybridized carbons (Fsp3) is 0.105. The van der Waals surface area contributed by atoms with Crippen LogP contribution in [0.1, 0.15) is 11.4 Å². The number of ether oxygens (including phenoxy) is 1. The molecule has 0 saturated carbocycles. The van der Waals surface area contributed by atoms with Gasteiger partial charge in [0.1, 0.15) is 17.1 Å². The number of nitrogens with one attached hydrogen (secondary N) is 2. The van der Waals surface area contributed by atoms with Crippen LogP contribution in [-0.4, -0.2) is 12.1 Å². The van der Waals surface area contributed by atoms with Crippen molar-refractivity contribution in [3.63, 3.8) is 0 Å². The predicted molar refractivity (Wildman–Crippen MR) is 105 cm³/mol. The number of anilines is 1. The SMILES string of the molecule is COc1ccc2c(c1)SC=C(c1c(C)[nH]c(S)[n+]1-c1ccccc1)N2.[Br-]. The average Bonchev–Trinajstić information content (AvgIpc) is 2.95. The number of nitrogens with zero attached hydrogens (tertiary/aromatic N) is 1. The number of fused-ring (bicyclic) bond motifs is 1. The van der Waals surface area contributed by atoms with Gasteiger partial charge in [-0.05, 0) is 30.3 Å². The van der Waals surface area contributed by atoms with Crippen LogP contribution < -0.4 is 31.6 Å². The van der Waals surface area contributed by atoms with Gasteiger partial charge in [0.2, 0.25) is 0 Å². The first kappa shape index (κ1) is 18.9. The molecule has 0 unspecified atom stereocenters. The first-order valence-electron chi connectivity index (χ1n) is 7.88. The second-order valence-corrected chi connectivity index (χ2v) is 7.06. The van der Waals surface area contributed by atoms with E-state index in [1.807, 2.05) is 36.4 Å². The van der Waals surface area contributed by atoms with E-state index in [9.17, 15) is 0 Å². The van der Waals surface area contributed by atoms with E-state index in [-0.39, 0.29) is 17.0 Å². The second kappa shape index (κ2) is 7.82. The minimum Gasteiger partial charge on any atom is -1.00 e. The van der Waals surface area contributed by atoms with Gasteiger partial charge in [-0.1, -0.05) is 42.6 Å². The summed E-state index contributed by atoms with van der Waals surface area (Å²) in [6, 6.07) is 16.3. The van der Waals surface area contributed by atoms with Gasteiger partial charge in [-0.2, -0.15) is 4.57 Å². The van der Waals surface area contributed by atoms with Gasteiger partial charge < -0.3 is 27.0 Å². The number of methoxy groups -OCH3 is 1. The van der Waals surface area contributed by atoms with Crippen molar-refractivity contribution in [3.8, 4) is 11.4 Å². The molecule has 3 aromatic rings. The van der Waals surface area contributed by atoms with E-state index in [1.54, 1.807) is 18.9 Å². The lowest BCUT2D eigenvalue weighted by atomic mass is 10.2.